The number of thiazole rings is 1. The van der Waals surface area contributed by atoms with E-state index in [0.717, 1.165) is 28.2 Å². The van der Waals surface area contributed by atoms with Gasteiger partial charge in [0.2, 0.25) is 0 Å². The van der Waals surface area contributed by atoms with Crippen molar-refractivity contribution in [3.05, 3.63) is 53.5 Å². The van der Waals surface area contributed by atoms with Gasteiger partial charge in [-0.3, -0.25) is 9.48 Å². The summed E-state index contributed by atoms with van der Waals surface area (Å²) >= 11 is 0.998. The molecule has 0 spiro atoms. The first kappa shape index (κ1) is 20.2. The second kappa shape index (κ2) is 7.82. The number of hydrogen-bond acceptors (Lipinski definition) is 6. The smallest absolute Gasteiger partial charge is 0.322 e. The maximum atomic E-state index is 12.7. The number of carboxylic acid groups (broad SMARTS) is 1. The average molecular weight is 421 g/mol. The lowest BCUT2D eigenvalue weighted by atomic mass is 10.1. The van der Waals surface area contributed by atoms with Gasteiger partial charge in [-0.25, -0.2) is 13.4 Å². The molecule has 148 valence electrons. The summed E-state index contributed by atoms with van der Waals surface area (Å²) in [4.78, 5) is 15.8. The Bertz CT molecular complexity index is 1120. The molecule has 0 aliphatic heterocycles. The van der Waals surface area contributed by atoms with E-state index in [4.69, 9.17) is 0 Å². The zero-order chi connectivity index (χ0) is 20.5. The summed E-state index contributed by atoms with van der Waals surface area (Å²) in [6.45, 7) is 3.74. The monoisotopic (exact) mass is 420 g/mol. The van der Waals surface area contributed by atoms with Crippen LogP contribution in [0.5, 0.6) is 0 Å². The van der Waals surface area contributed by atoms with Gasteiger partial charge in [0.05, 0.1) is 12.4 Å². The van der Waals surface area contributed by atoms with E-state index < -0.39 is 22.0 Å². The molecule has 1 aromatic carbocycles. The highest BCUT2D eigenvalue weighted by atomic mass is 32.2. The number of aryl methyl sites for hydroxylation is 2. The van der Waals surface area contributed by atoms with E-state index in [1.807, 2.05) is 31.2 Å². The van der Waals surface area contributed by atoms with Crippen LogP contribution in [-0.4, -0.2) is 40.3 Å². The number of aliphatic carboxylic acids is 1. The van der Waals surface area contributed by atoms with Crippen LogP contribution >= 0.6 is 11.3 Å². The number of hydrogen-bond donors (Lipinski definition) is 2. The second-order valence-corrected chi connectivity index (χ2v) is 9.42. The fourth-order valence-corrected chi connectivity index (χ4v) is 5.02. The molecule has 10 heteroatoms. The first-order valence-electron chi connectivity index (χ1n) is 8.43. The number of benzene rings is 1. The zero-order valence-electron chi connectivity index (χ0n) is 15.6. The van der Waals surface area contributed by atoms with Gasteiger partial charge < -0.3 is 5.11 Å². The molecule has 0 aliphatic carbocycles. The average Bonchev–Trinajstić information content (AvgIpc) is 3.24. The summed E-state index contributed by atoms with van der Waals surface area (Å²) in [7, 11) is -2.29. The highest BCUT2D eigenvalue weighted by Crippen LogP contribution is 2.28. The van der Waals surface area contributed by atoms with Crippen LogP contribution in [0, 0.1) is 13.8 Å². The molecule has 0 saturated carbocycles. The Hall–Kier alpha value is -2.56. The normalized spacial score (nSPS) is 12.8. The molecular formula is C18H20N4O4S2. The Morgan fingerprint density at radius 2 is 2.07 bits per heavy atom. The topological polar surface area (TPSA) is 114 Å². The van der Waals surface area contributed by atoms with Gasteiger partial charge >= 0.3 is 5.97 Å². The predicted octanol–water partition coefficient (Wildman–Crippen LogP) is 2.13. The van der Waals surface area contributed by atoms with Gasteiger partial charge in [0.25, 0.3) is 10.0 Å². The fourth-order valence-electron chi connectivity index (χ4n) is 2.68. The molecule has 0 fully saturated rings. The second-order valence-electron chi connectivity index (χ2n) is 6.45. The van der Waals surface area contributed by atoms with Crippen molar-refractivity contribution in [2.45, 2.75) is 30.5 Å². The van der Waals surface area contributed by atoms with Crippen molar-refractivity contribution < 1.29 is 18.3 Å². The fraction of sp³-hybridized carbons (Fsp3) is 0.278. The minimum Gasteiger partial charge on any atom is -0.480 e. The van der Waals surface area contributed by atoms with Crippen LogP contribution in [-0.2, 0) is 28.3 Å². The van der Waals surface area contributed by atoms with Crippen molar-refractivity contribution >= 4 is 27.3 Å². The Kier molecular flexibility index (Phi) is 5.64. The van der Waals surface area contributed by atoms with E-state index in [2.05, 4.69) is 14.8 Å². The summed E-state index contributed by atoms with van der Waals surface area (Å²) in [5.41, 5.74) is 3.30. The zero-order valence-corrected chi connectivity index (χ0v) is 17.2. The minimum absolute atomic E-state index is 0.00220. The third-order valence-corrected chi connectivity index (χ3v) is 7.35. The molecular weight excluding hydrogens is 400 g/mol. The van der Waals surface area contributed by atoms with Gasteiger partial charge in [-0.05, 0) is 25.5 Å². The number of rotatable bonds is 7. The van der Waals surface area contributed by atoms with Gasteiger partial charge in [0.1, 0.15) is 11.0 Å². The first-order valence-corrected chi connectivity index (χ1v) is 10.7. The van der Waals surface area contributed by atoms with E-state index in [9.17, 15) is 18.3 Å². The van der Waals surface area contributed by atoms with Crippen molar-refractivity contribution in [3.63, 3.8) is 0 Å². The maximum Gasteiger partial charge on any atom is 0.322 e. The van der Waals surface area contributed by atoms with Gasteiger partial charge in [-0.15, -0.1) is 11.3 Å². The van der Waals surface area contributed by atoms with Crippen LogP contribution in [0.3, 0.4) is 0 Å². The number of aromatic nitrogens is 3. The van der Waals surface area contributed by atoms with Crippen LogP contribution in [0.25, 0.3) is 10.6 Å². The third kappa shape index (κ3) is 4.29. The number of carbonyl (C=O) groups is 1. The number of carboxylic acids is 1. The number of nitrogens with zero attached hydrogens (tertiary/aromatic N) is 3. The van der Waals surface area contributed by atoms with Crippen molar-refractivity contribution in [1.29, 1.82) is 0 Å². The Morgan fingerprint density at radius 1 is 1.32 bits per heavy atom. The molecule has 2 aromatic heterocycles. The third-order valence-electron chi connectivity index (χ3n) is 4.37. The van der Waals surface area contributed by atoms with Crippen LogP contribution in [0.4, 0.5) is 0 Å². The van der Waals surface area contributed by atoms with Crippen LogP contribution in [0.2, 0.25) is 0 Å². The molecule has 28 heavy (non-hydrogen) atoms. The largest absolute Gasteiger partial charge is 0.480 e. The predicted molar refractivity (Wildman–Crippen MR) is 106 cm³/mol. The SMILES string of the molecule is Cc1cccc(-c2ncc(S(=O)(=O)NC(Cc3cnn(C)c3C)C(=O)O)s2)c1. The molecule has 0 bridgehead atoms. The first-order chi connectivity index (χ1) is 13.2. The standard InChI is InChI=1S/C18H20N4O4S2/c1-11-5-4-6-13(7-11)17-19-10-16(27-17)28(25,26)21-15(18(23)24)8-14-9-20-22(3)12(14)2/h4-7,9-10,15,21H,8H2,1-3H3,(H,23,24). The van der Waals surface area contributed by atoms with E-state index in [-0.39, 0.29) is 10.6 Å². The van der Waals surface area contributed by atoms with Crippen LogP contribution in [0.15, 0.2) is 40.9 Å². The summed E-state index contributed by atoms with van der Waals surface area (Å²) in [6.07, 6.45) is 2.79. The van der Waals surface area contributed by atoms with Crippen molar-refractivity contribution in [2.75, 3.05) is 0 Å². The quantitative estimate of drug-likeness (QED) is 0.605. The Labute approximate surface area is 166 Å². The summed E-state index contributed by atoms with van der Waals surface area (Å²) in [5.74, 6) is -1.25. The minimum atomic E-state index is -4.03. The molecule has 8 nitrogen and oxygen atoms in total. The van der Waals surface area contributed by atoms with E-state index >= 15 is 0 Å². The van der Waals surface area contributed by atoms with Crippen molar-refractivity contribution in [3.8, 4) is 10.6 Å². The summed E-state index contributed by atoms with van der Waals surface area (Å²) < 4.78 is 29.3. The van der Waals surface area contributed by atoms with Gasteiger partial charge in [0.15, 0.2) is 4.21 Å². The van der Waals surface area contributed by atoms with E-state index in [1.165, 1.54) is 6.20 Å². The summed E-state index contributed by atoms with van der Waals surface area (Å²) in [6, 6.07) is 6.26. The molecule has 1 atom stereocenters. The van der Waals surface area contributed by atoms with Crippen LogP contribution < -0.4 is 4.72 Å². The lowest BCUT2D eigenvalue weighted by Crippen LogP contribution is -2.42. The van der Waals surface area contributed by atoms with Crippen molar-refractivity contribution in [1.82, 2.24) is 19.5 Å². The van der Waals surface area contributed by atoms with Gasteiger partial charge in [0, 0.05) is 24.7 Å². The highest BCUT2D eigenvalue weighted by molar-refractivity contribution is 7.91. The lowest BCUT2D eigenvalue weighted by Gasteiger charge is -2.13. The molecule has 1 unspecified atom stereocenters. The number of sulfonamides is 1. The van der Waals surface area contributed by atoms with Crippen molar-refractivity contribution in [2.24, 2.45) is 7.05 Å². The molecule has 0 aliphatic rings. The van der Waals surface area contributed by atoms with E-state index in [1.54, 1.807) is 24.9 Å². The molecule has 0 radical (unpaired) electrons. The summed E-state index contributed by atoms with van der Waals surface area (Å²) in [5, 5.41) is 14.1. The molecule has 0 amide bonds. The Morgan fingerprint density at radius 3 is 2.68 bits per heavy atom. The lowest BCUT2D eigenvalue weighted by molar-refractivity contribution is -0.138. The Balaban J connectivity index is 1.83. The number of nitrogens with one attached hydrogen (secondary N) is 1. The van der Waals surface area contributed by atoms with Gasteiger partial charge in [-0.2, -0.15) is 9.82 Å². The molecule has 2 heterocycles. The molecule has 3 aromatic rings. The molecule has 2 N–H and O–H groups in total. The van der Waals surface area contributed by atoms with Crippen LogP contribution in [0.1, 0.15) is 16.8 Å². The maximum absolute atomic E-state index is 12.7. The highest BCUT2D eigenvalue weighted by Gasteiger charge is 2.28. The molecule has 3 rings (SSSR count). The van der Waals surface area contributed by atoms with Gasteiger partial charge in [-0.1, -0.05) is 23.8 Å². The molecule has 0 saturated heterocycles. The van der Waals surface area contributed by atoms with E-state index in [0.29, 0.717) is 10.6 Å².